The standard InChI is InChI=1S/C18H47N8O3P/c1-2-3-4-5-18-30(27,28-25-16-14-23-12-10-21-8-6-19)29-26-17-15-24-13-11-22-9-7-20/h21-26H,2-20H2,1H3. The lowest BCUT2D eigenvalue weighted by Crippen LogP contribution is -2.35. The van der Waals surface area contributed by atoms with Gasteiger partial charge in [-0.3, -0.25) is 4.57 Å². The van der Waals surface area contributed by atoms with Gasteiger partial charge in [0.15, 0.2) is 0 Å². The molecule has 0 aromatic carbocycles. The second kappa shape index (κ2) is 23.5. The van der Waals surface area contributed by atoms with Crippen molar-refractivity contribution in [3.63, 3.8) is 0 Å². The van der Waals surface area contributed by atoms with Crippen LogP contribution in [0.25, 0.3) is 0 Å². The summed E-state index contributed by atoms with van der Waals surface area (Å²) in [6.45, 7) is 10.9. The summed E-state index contributed by atoms with van der Waals surface area (Å²) in [5.74, 6) is 0. The van der Waals surface area contributed by atoms with Gasteiger partial charge in [-0.2, -0.15) is 11.0 Å². The molecule has 0 amide bonds. The van der Waals surface area contributed by atoms with Gasteiger partial charge >= 0.3 is 7.60 Å². The Kier molecular flexibility index (Phi) is 23.4. The average molecular weight is 455 g/mol. The maximum atomic E-state index is 12.9. The Hall–Kier alpha value is -0.170. The Balaban J connectivity index is 3.93. The van der Waals surface area contributed by atoms with Crippen LogP contribution in [0.15, 0.2) is 0 Å². The molecule has 0 spiro atoms. The minimum absolute atomic E-state index is 0.389. The molecule has 0 heterocycles. The molecule has 0 aromatic heterocycles. The number of nitrogens with two attached hydrogens (primary N) is 2. The van der Waals surface area contributed by atoms with Gasteiger partial charge in [-0.05, 0) is 6.42 Å². The maximum absolute atomic E-state index is 12.9. The van der Waals surface area contributed by atoms with Gasteiger partial charge in [0, 0.05) is 78.5 Å². The molecular weight excluding hydrogens is 407 g/mol. The van der Waals surface area contributed by atoms with Crippen LogP contribution in [-0.4, -0.2) is 84.7 Å². The molecule has 0 saturated carbocycles. The smallest absolute Gasteiger partial charge is 0.329 e. The first-order chi connectivity index (χ1) is 14.7. The summed E-state index contributed by atoms with van der Waals surface area (Å²) in [6, 6.07) is 0. The predicted octanol–water partition coefficient (Wildman–Crippen LogP) is -0.922. The van der Waals surface area contributed by atoms with Crippen molar-refractivity contribution < 1.29 is 13.8 Å². The summed E-state index contributed by atoms with van der Waals surface area (Å²) in [4.78, 5) is 0. The van der Waals surface area contributed by atoms with Crippen LogP contribution in [0.5, 0.6) is 0 Å². The van der Waals surface area contributed by atoms with Crippen molar-refractivity contribution in [1.29, 1.82) is 0 Å². The molecule has 0 unspecified atom stereocenters. The summed E-state index contributed by atoms with van der Waals surface area (Å²) in [7, 11) is -3.23. The van der Waals surface area contributed by atoms with Crippen LogP contribution >= 0.6 is 7.60 Å². The molecule has 10 N–H and O–H groups in total. The minimum atomic E-state index is -3.23. The Morgan fingerprint density at radius 3 is 1.50 bits per heavy atom. The largest absolute Gasteiger partial charge is 0.363 e. The summed E-state index contributed by atoms with van der Waals surface area (Å²) >= 11 is 0. The van der Waals surface area contributed by atoms with E-state index in [9.17, 15) is 4.57 Å². The second-order valence-corrected chi connectivity index (χ2v) is 8.98. The third-order valence-electron chi connectivity index (χ3n) is 4.10. The van der Waals surface area contributed by atoms with Crippen LogP contribution in [0.1, 0.15) is 32.6 Å². The van der Waals surface area contributed by atoms with Crippen LogP contribution in [0, 0.1) is 0 Å². The Morgan fingerprint density at radius 1 is 0.633 bits per heavy atom. The Labute approximate surface area is 183 Å². The van der Waals surface area contributed by atoms with Gasteiger partial charge in [-0.25, -0.2) is 9.25 Å². The lowest BCUT2D eigenvalue weighted by molar-refractivity contribution is 0.101. The molecule has 0 aliphatic heterocycles. The topological polar surface area (TPSA) is 160 Å². The predicted molar refractivity (Wildman–Crippen MR) is 124 cm³/mol. The first-order valence-corrected chi connectivity index (χ1v) is 13.1. The highest BCUT2D eigenvalue weighted by Crippen LogP contribution is 2.46. The van der Waals surface area contributed by atoms with E-state index in [4.69, 9.17) is 20.7 Å². The molecule has 0 radical (unpaired) electrons. The van der Waals surface area contributed by atoms with E-state index in [1.165, 1.54) is 0 Å². The molecule has 0 aliphatic rings. The van der Waals surface area contributed by atoms with Crippen molar-refractivity contribution in [3.8, 4) is 0 Å². The van der Waals surface area contributed by atoms with Crippen molar-refractivity contribution in [2.75, 3.05) is 84.7 Å². The highest BCUT2D eigenvalue weighted by atomic mass is 31.2. The van der Waals surface area contributed by atoms with E-state index in [0.717, 1.165) is 65.0 Å². The number of rotatable bonds is 25. The van der Waals surface area contributed by atoms with Crippen molar-refractivity contribution in [1.82, 2.24) is 32.2 Å². The first-order valence-electron chi connectivity index (χ1n) is 11.3. The molecule has 0 rings (SSSR count). The Morgan fingerprint density at radius 2 is 1.07 bits per heavy atom. The van der Waals surface area contributed by atoms with Gasteiger partial charge in [0.1, 0.15) is 0 Å². The van der Waals surface area contributed by atoms with E-state index in [0.29, 0.717) is 45.4 Å². The highest BCUT2D eigenvalue weighted by Gasteiger charge is 2.25. The molecule has 0 atom stereocenters. The van der Waals surface area contributed by atoms with E-state index < -0.39 is 7.60 Å². The van der Waals surface area contributed by atoms with Crippen LogP contribution in [0.2, 0.25) is 0 Å². The zero-order valence-corrected chi connectivity index (χ0v) is 19.7. The molecule has 30 heavy (non-hydrogen) atoms. The lowest BCUT2D eigenvalue weighted by atomic mass is 10.2. The fourth-order valence-corrected chi connectivity index (χ4v) is 3.87. The minimum Gasteiger partial charge on any atom is -0.329 e. The third-order valence-corrected chi connectivity index (χ3v) is 5.78. The first kappa shape index (κ1) is 29.8. The molecule has 0 saturated heterocycles. The summed E-state index contributed by atoms with van der Waals surface area (Å²) < 4.78 is 23.8. The van der Waals surface area contributed by atoms with Gasteiger partial charge in [-0.1, -0.05) is 26.2 Å². The molecule has 0 bridgehead atoms. The number of nitrogens with one attached hydrogen (secondary N) is 6. The molecular formula is C18H47N8O3P. The van der Waals surface area contributed by atoms with Gasteiger partial charge in [0.25, 0.3) is 0 Å². The van der Waals surface area contributed by atoms with E-state index in [1.807, 2.05) is 0 Å². The number of hydrogen-bond acceptors (Lipinski definition) is 11. The van der Waals surface area contributed by atoms with Gasteiger partial charge in [-0.15, -0.1) is 0 Å². The second-order valence-electron chi connectivity index (χ2n) is 6.94. The maximum Gasteiger partial charge on any atom is 0.363 e. The zero-order chi connectivity index (χ0) is 22.2. The van der Waals surface area contributed by atoms with E-state index in [1.54, 1.807) is 0 Å². The SMILES string of the molecule is CCCCCCP(=O)(ONCCNCCNCCN)ONCCNCCNCCN. The van der Waals surface area contributed by atoms with Crippen molar-refractivity contribution >= 4 is 7.60 Å². The Bertz CT molecular complexity index is 370. The van der Waals surface area contributed by atoms with Crippen LogP contribution in [0.4, 0.5) is 0 Å². The summed E-state index contributed by atoms with van der Waals surface area (Å²) in [5, 5.41) is 12.9. The van der Waals surface area contributed by atoms with Gasteiger partial charge in [0.2, 0.25) is 0 Å². The molecule has 12 heteroatoms. The molecule has 0 fully saturated rings. The van der Waals surface area contributed by atoms with Crippen LogP contribution in [-0.2, 0) is 13.8 Å². The quantitative estimate of drug-likeness (QED) is 0.0489. The van der Waals surface area contributed by atoms with Crippen molar-refractivity contribution in [2.45, 2.75) is 32.6 Å². The van der Waals surface area contributed by atoms with Crippen LogP contribution < -0.4 is 43.7 Å². The third kappa shape index (κ3) is 21.1. The normalized spacial score (nSPS) is 12.0. The fraction of sp³-hybridized carbons (Fsp3) is 1.00. The fourth-order valence-electron chi connectivity index (χ4n) is 2.47. The molecule has 0 aliphatic carbocycles. The van der Waals surface area contributed by atoms with E-state index in [-0.39, 0.29) is 0 Å². The highest BCUT2D eigenvalue weighted by molar-refractivity contribution is 7.53. The number of unbranched alkanes of at least 4 members (excludes halogenated alkanes) is 3. The van der Waals surface area contributed by atoms with Crippen molar-refractivity contribution in [3.05, 3.63) is 0 Å². The lowest BCUT2D eigenvalue weighted by Gasteiger charge is -2.19. The van der Waals surface area contributed by atoms with Crippen LogP contribution in [0.3, 0.4) is 0 Å². The number of hydrogen-bond donors (Lipinski definition) is 8. The average Bonchev–Trinajstić information content (AvgIpc) is 2.74. The zero-order valence-electron chi connectivity index (χ0n) is 18.8. The molecule has 0 aromatic rings. The van der Waals surface area contributed by atoms with E-state index in [2.05, 4.69) is 39.2 Å². The number of hydroxylamine groups is 2. The van der Waals surface area contributed by atoms with Gasteiger partial charge < -0.3 is 32.7 Å². The monoisotopic (exact) mass is 454 g/mol. The summed E-state index contributed by atoms with van der Waals surface area (Å²) in [5.41, 5.74) is 16.4. The molecule has 11 nitrogen and oxygen atoms in total. The molecule has 182 valence electrons. The van der Waals surface area contributed by atoms with Crippen molar-refractivity contribution in [2.24, 2.45) is 11.5 Å². The summed E-state index contributed by atoms with van der Waals surface area (Å²) in [6.07, 6.45) is 4.46. The van der Waals surface area contributed by atoms with E-state index >= 15 is 0 Å². The van der Waals surface area contributed by atoms with Gasteiger partial charge in [0.05, 0.1) is 6.16 Å².